The predicted molar refractivity (Wildman–Crippen MR) is 155 cm³/mol. The van der Waals surface area contributed by atoms with Gasteiger partial charge in [-0.15, -0.1) is 0 Å². The molecule has 0 saturated heterocycles. The lowest BCUT2D eigenvalue weighted by Gasteiger charge is -2.26. The molecular formula is C32H26Br2O4. The smallest absolute Gasteiger partial charge is 0.170 e. The minimum Gasteiger partial charge on any atom is -0.483 e. The average molecular weight is 634 g/mol. The molecule has 2 atom stereocenters. The first-order valence-electron chi connectivity index (χ1n) is 12.4. The molecule has 38 heavy (non-hydrogen) atoms. The molecule has 6 rings (SSSR count). The molecule has 2 heterocycles. The molecule has 6 heteroatoms. The second kappa shape index (κ2) is 11.3. The largest absolute Gasteiger partial charge is 0.483 e. The Morgan fingerprint density at radius 2 is 0.974 bits per heavy atom. The van der Waals surface area contributed by atoms with E-state index in [1.54, 1.807) is 0 Å². The van der Waals surface area contributed by atoms with Crippen LogP contribution in [0.15, 0.2) is 93.9 Å². The van der Waals surface area contributed by atoms with Crippen molar-refractivity contribution in [2.75, 3.05) is 0 Å². The van der Waals surface area contributed by atoms with E-state index < -0.39 is 0 Å². The van der Waals surface area contributed by atoms with Crippen molar-refractivity contribution in [2.45, 2.75) is 38.9 Å². The van der Waals surface area contributed by atoms with Crippen LogP contribution in [0.4, 0.5) is 0 Å². The van der Waals surface area contributed by atoms with Crippen molar-refractivity contribution in [1.82, 2.24) is 0 Å². The van der Waals surface area contributed by atoms with E-state index in [1.165, 1.54) is 0 Å². The predicted octanol–water partition coefficient (Wildman–Crippen LogP) is 8.93. The zero-order valence-electron chi connectivity index (χ0n) is 21.0. The molecule has 4 aromatic carbocycles. The summed E-state index contributed by atoms with van der Waals surface area (Å²) < 4.78 is 13.7. The average Bonchev–Trinajstić information content (AvgIpc) is 2.91. The molecule has 0 aliphatic carbocycles. The summed E-state index contributed by atoms with van der Waals surface area (Å²) in [4.78, 5) is 24.5. The molecule has 4 aromatic rings. The normalized spacial score (nSPS) is 17.8. The van der Waals surface area contributed by atoms with Gasteiger partial charge in [-0.1, -0.05) is 60.7 Å². The van der Waals surface area contributed by atoms with Crippen LogP contribution in [0.2, 0.25) is 0 Å². The Kier molecular flexibility index (Phi) is 7.82. The molecule has 0 spiro atoms. The number of fused-ring (bicyclic) bond motifs is 2. The van der Waals surface area contributed by atoms with E-state index in [1.807, 2.05) is 98.8 Å². The van der Waals surface area contributed by atoms with E-state index in [9.17, 15) is 9.59 Å². The Morgan fingerprint density at radius 1 is 0.605 bits per heavy atom. The van der Waals surface area contributed by atoms with Gasteiger partial charge in [0.2, 0.25) is 0 Å². The van der Waals surface area contributed by atoms with Crippen LogP contribution in [-0.2, 0) is 0 Å². The number of hydrogen-bond donors (Lipinski definition) is 0. The van der Waals surface area contributed by atoms with Gasteiger partial charge in [-0.3, -0.25) is 9.59 Å². The van der Waals surface area contributed by atoms with Gasteiger partial charge >= 0.3 is 0 Å². The van der Waals surface area contributed by atoms with Crippen LogP contribution in [0.3, 0.4) is 0 Å². The molecular weight excluding hydrogens is 608 g/mol. The van der Waals surface area contributed by atoms with E-state index in [0.29, 0.717) is 35.5 Å². The highest BCUT2D eigenvalue weighted by molar-refractivity contribution is 9.11. The van der Waals surface area contributed by atoms with Crippen LogP contribution in [0, 0.1) is 13.8 Å². The Bertz CT molecular complexity index is 1380. The number of halogens is 2. The molecule has 0 bridgehead atoms. The Balaban J connectivity index is 0.000000155. The fourth-order valence-corrected chi connectivity index (χ4v) is 6.08. The van der Waals surface area contributed by atoms with Crippen LogP contribution in [0.25, 0.3) is 0 Å². The van der Waals surface area contributed by atoms with E-state index in [4.69, 9.17) is 9.47 Å². The summed E-state index contributed by atoms with van der Waals surface area (Å²) >= 11 is 6.97. The second-order valence-electron chi connectivity index (χ2n) is 9.54. The Morgan fingerprint density at radius 3 is 1.34 bits per heavy atom. The maximum Gasteiger partial charge on any atom is 0.170 e. The van der Waals surface area contributed by atoms with Crippen LogP contribution in [0.1, 0.15) is 68.0 Å². The number of carbonyl (C=O) groups excluding carboxylic acids is 2. The highest BCUT2D eigenvalue weighted by atomic mass is 79.9. The van der Waals surface area contributed by atoms with E-state index in [-0.39, 0.29) is 23.8 Å². The van der Waals surface area contributed by atoms with E-state index in [2.05, 4.69) is 31.9 Å². The number of ketones is 2. The van der Waals surface area contributed by atoms with Gasteiger partial charge in [0, 0.05) is 0 Å². The highest BCUT2D eigenvalue weighted by Crippen LogP contribution is 2.41. The number of ether oxygens (including phenoxy) is 2. The quantitative estimate of drug-likeness (QED) is 0.221. The third-order valence-electron chi connectivity index (χ3n) is 6.58. The number of carbonyl (C=O) groups is 2. The van der Waals surface area contributed by atoms with E-state index in [0.717, 1.165) is 31.2 Å². The first-order chi connectivity index (χ1) is 18.3. The molecule has 4 nitrogen and oxygen atoms in total. The highest BCUT2D eigenvalue weighted by Gasteiger charge is 2.30. The monoisotopic (exact) mass is 632 g/mol. The van der Waals surface area contributed by atoms with Gasteiger partial charge in [-0.25, -0.2) is 0 Å². The van der Waals surface area contributed by atoms with Crippen LogP contribution in [-0.4, -0.2) is 11.6 Å². The van der Waals surface area contributed by atoms with Gasteiger partial charge in [0.05, 0.1) is 32.9 Å². The van der Waals surface area contributed by atoms with Gasteiger partial charge < -0.3 is 9.47 Å². The molecule has 192 valence electrons. The topological polar surface area (TPSA) is 52.6 Å². The molecule has 0 unspecified atom stereocenters. The van der Waals surface area contributed by atoms with Crippen LogP contribution in [0.5, 0.6) is 11.5 Å². The van der Waals surface area contributed by atoms with Crippen molar-refractivity contribution >= 4 is 43.4 Å². The van der Waals surface area contributed by atoms with Gasteiger partial charge in [-0.05, 0) is 92.2 Å². The fourth-order valence-electron chi connectivity index (χ4n) is 4.74. The lowest BCUT2D eigenvalue weighted by molar-refractivity contribution is 0.0839. The van der Waals surface area contributed by atoms with Gasteiger partial charge in [0.15, 0.2) is 11.6 Å². The zero-order chi connectivity index (χ0) is 26.8. The number of rotatable bonds is 2. The molecule has 0 amide bonds. The van der Waals surface area contributed by atoms with Crippen molar-refractivity contribution in [3.05, 3.63) is 127 Å². The minimum absolute atomic E-state index is 0.138. The van der Waals surface area contributed by atoms with Crippen molar-refractivity contribution in [2.24, 2.45) is 0 Å². The molecule has 0 fully saturated rings. The van der Waals surface area contributed by atoms with Crippen molar-refractivity contribution in [1.29, 1.82) is 0 Å². The molecule has 0 radical (unpaired) electrons. The first-order valence-corrected chi connectivity index (χ1v) is 14.0. The molecule has 0 aromatic heterocycles. The third-order valence-corrected chi connectivity index (χ3v) is 7.76. The number of Topliss-reactive ketones (excluding diaryl/α,β-unsaturated/α-hetero) is 2. The molecule has 2 aliphatic rings. The zero-order valence-corrected chi connectivity index (χ0v) is 24.2. The second-order valence-corrected chi connectivity index (χ2v) is 11.2. The summed E-state index contributed by atoms with van der Waals surface area (Å²) in [7, 11) is 0. The third kappa shape index (κ3) is 5.62. The Labute approximate surface area is 239 Å². The number of aryl methyl sites for hydroxylation is 2. The van der Waals surface area contributed by atoms with Crippen LogP contribution >= 0.6 is 31.9 Å². The van der Waals surface area contributed by atoms with Crippen molar-refractivity contribution in [3.8, 4) is 11.5 Å². The lowest BCUT2D eigenvalue weighted by Crippen LogP contribution is -2.20. The van der Waals surface area contributed by atoms with E-state index >= 15 is 0 Å². The van der Waals surface area contributed by atoms with Crippen LogP contribution < -0.4 is 9.47 Å². The number of benzene rings is 4. The summed E-state index contributed by atoms with van der Waals surface area (Å²) in [5.41, 5.74) is 5.54. The van der Waals surface area contributed by atoms with Gasteiger partial charge in [0.1, 0.15) is 23.7 Å². The summed E-state index contributed by atoms with van der Waals surface area (Å²) in [5.74, 6) is 1.60. The lowest BCUT2D eigenvalue weighted by atomic mass is 9.95. The maximum absolute atomic E-state index is 12.3. The first kappa shape index (κ1) is 26.4. The molecule has 2 aliphatic heterocycles. The van der Waals surface area contributed by atoms with Crippen molar-refractivity contribution in [3.63, 3.8) is 0 Å². The fraction of sp³-hybridized carbons (Fsp3) is 0.188. The standard InChI is InChI=1S/2C16H13BrO2/c2*1-10-7-12-14(18)9-15(11-5-3-2-4-6-11)19-16(12)13(17)8-10/h2*2-8,15H,9H2,1H3/t2*15-/m11/s1. The summed E-state index contributed by atoms with van der Waals surface area (Å²) in [6, 6.07) is 27.5. The number of hydrogen-bond acceptors (Lipinski definition) is 4. The molecule has 0 saturated carbocycles. The van der Waals surface area contributed by atoms with Crippen molar-refractivity contribution < 1.29 is 19.1 Å². The Hall–Kier alpha value is -3.22. The SMILES string of the molecule is Cc1cc(Br)c2c(c1)C(=O)C[C@H](c1ccccc1)O2.Cc1cc(Br)c2c(c1)C(=O)C[C@H](c1ccccc1)O2. The summed E-state index contributed by atoms with van der Waals surface area (Å²) in [6.07, 6.45) is 0.403. The van der Waals surface area contributed by atoms with Gasteiger partial charge in [0.25, 0.3) is 0 Å². The molecule has 0 N–H and O–H groups in total. The summed E-state index contributed by atoms with van der Waals surface area (Å²) in [5, 5.41) is 0. The van der Waals surface area contributed by atoms with Gasteiger partial charge in [-0.2, -0.15) is 0 Å². The summed E-state index contributed by atoms with van der Waals surface area (Å²) in [6.45, 7) is 3.95. The minimum atomic E-state index is -0.194. The maximum atomic E-state index is 12.3.